The first-order chi connectivity index (χ1) is 2.00. The van der Waals surface area contributed by atoms with Crippen LogP contribution in [0.5, 0.6) is 0 Å². The summed E-state index contributed by atoms with van der Waals surface area (Å²) in [5, 5.41) is 0. The molecule has 0 bridgehead atoms. The van der Waals surface area contributed by atoms with Gasteiger partial charge in [0.1, 0.15) is 0 Å². The molecule has 1 aliphatic carbocycles. The van der Waals surface area contributed by atoms with Crippen LogP contribution in [0, 0.1) is 12.8 Å². The van der Waals surface area contributed by atoms with E-state index >= 15 is 0 Å². The molecule has 0 aromatic carbocycles. The van der Waals surface area contributed by atoms with E-state index in [2.05, 4.69) is 12.8 Å². The Kier molecular flexibility index (Phi) is 10.8. The van der Waals surface area contributed by atoms with E-state index < -0.39 is 0 Å². The van der Waals surface area contributed by atoms with Crippen molar-refractivity contribution in [1.82, 2.24) is 0 Å². The summed E-state index contributed by atoms with van der Waals surface area (Å²) in [6.45, 7) is 0. The van der Waals surface area contributed by atoms with Crippen LogP contribution in [0.4, 0.5) is 0 Å². The van der Waals surface area contributed by atoms with Crippen molar-refractivity contribution in [2.75, 3.05) is 0 Å². The molecule has 0 aromatic heterocycles. The summed E-state index contributed by atoms with van der Waals surface area (Å²) in [4.78, 5) is 0. The van der Waals surface area contributed by atoms with Crippen LogP contribution in [-0.4, -0.2) is 0 Å². The Bertz CT molecular complexity index is 15.5. The number of rotatable bonds is 0. The van der Waals surface area contributed by atoms with E-state index in [1.54, 1.807) is 0 Å². The molecular weight excluding hydrogens is 283 g/mol. The van der Waals surface area contributed by atoms with E-state index in [1.807, 2.05) is 0 Å². The fourth-order valence-corrected chi connectivity index (χ4v) is 0.167. The minimum atomic E-state index is 0. The average molecular weight is 289 g/mol. The second kappa shape index (κ2) is 6.27. The molecule has 1 aliphatic rings. The van der Waals surface area contributed by atoms with Crippen molar-refractivity contribution in [2.24, 2.45) is 0 Å². The third-order valence-corrected chi connectivity index (χ3v) is 0.667. The predicted octanol–water partition coefficient (Wildman–Crippen LogP) is 1.18. The maximum absolute atomic E-state index is 2.25. The molecule has 0 amide bonds. The monoisotopic (exact) mass is 289 g/mol. The Labute approximate surface area is 65.2 Å². The van der Waals surface area contributed by atoms with E-state index in [0.29, 0.717) is 0 Å². The van der Waals surface area contributed by atoms with Crippen LogP contribution in [0.15, 0.2) is 0 Å². The molecule has 0 heterocycles. The van der Waals surface area contributed by atoms with E-state index in [9.17, 15) is 0 Å². The molecule has 1 fully saturated rings. The molecule has 0 N–H and O–H groups in total. The van der Waals surface area contributed by atoms with Crippen LogP contribution in [0.2, 0.25) is 0 Å². The maximum atomic E-state index is 2.25. The Balaban J connectivity index is 0. The first-order valence-electron chi connectivity index (χ1n) is 1.63. The zero-order chi connectivity index (χ0) is 2.83. The largest absolute Gasteiger partial charge is 0.386 e. The van der Waals surface area contributed by atoms with Gasteiger partial charge in [-0.2, -0.15) is 0 Å². The van der Waals surface area contributed by atoms with Gasteiger partial charge < -0.3 is 25.7 Å². The second-order valence-corrected chi connectivity index (χ2v) is 1.05. The Morgan fingerprint density at radius 1 is 1.00 bits per heavy atom. The molecule has 2 heteroatoms. The predicted molar refractivity (Wildman–Crippen MR) is 17.8 cm³/mol. The van der Waals surface area contributed by atoms with Gasteiger partial charge in [0, 0.05) is 39.6 Å². The van der Waals surface area contributed by atoms with E-state index in [0.717, 1.165) is 0 Å². The van der Waals surface area contributed by atoms with Gasteiger partial charge in [0.15, 0.2) is 0 Å². The van der Waals surface area contributed by atoms with Gasteiger partial charge in [-0.05, 0) is 0 Å². The third-order valence-electron chi connectivity index (χ3n) is 0.667. The molecule has 0 nitrogen and oxygen atoms in total. The van der Waals surface area contributed by atoms with Crippen LogP contribution in [0.1, 0.15) is 12.8 Å². The van der Waals surface area contributed by atoms with Gasteiger partial charge in [0.2, 0.25) is 0 Å². The molecule has 1 rings (SSSR count). The van der Waals surface area contributed by atoms with Crippen molar-refractivity contribution >= 4 is 0 Å². The maximum Gasteiger partial charge on any atom is 0 e. The quantitative estimate of drug-likeness (QED) is 0.588. The molecule has 0 aliphatic heterocycles. The van der Waals surface area contributed by atoms with Crippen molar-refractivity contribution < 1.29 is 39.6 Å². The fourth-order valence-electron chi connectivity index (χ4n) is 0.167. The van der Waals surface area contributed by atoms with Crippen LogP contribution in [0.3, 0.4) is 0 Å². The Hall–Kier alpha value is 1.27. The summed E-state index contributed by atoms with van der Waals surface area (Å²) < 4.78 is 0. The number of hydrogen-bond donors (Lipinski definition) is 0. The van der Waals surface area contributed by atoms with E-state index in [-0.39, 0.29) is 39.6 Å². The summed E-state index contributed by atoms with van der Waals surface area (Å²) in [6, 6.07) is 0. The smallest absolute Gasteiger partial charge is 0 e. The van der Waals surface area contributed by atoms with Crippen LogP contribution < -0.4 is 0 Å². The van der Waals surface area contributed by atoms with Crippen LogP contribution in [-0.2, 0) is 39.6 Å². The summed E-state index contributed by atoms with van der Waals surface area (Å²) in [5.74, 6) is 0. The molecule has 0 saturated heterocycles. The minimum absolute atomic E-state index is 0. The van der Waals surface area contributed by atoms with Gasteiger partial charge >= 0.3 is 0 Å². The van der Waals surface area contributed by atoms with Crippen molar-refractivity contribution in [3.8, 4) is 0 Å². The summed E-state index contributed by atoms with van der Waals surface area (Å²) >= 11 is 0. The molecule has 0 aromatic rings. The van der Waals surface area contributed by atoms with Crippen LogP contribution >= 0.6 is 0 Å². The molecular formula is C4H6VW-2. The van der Waals surface area contributed by atoms with E-state index in [4.69, 9.17) is 0 Å². The summed E-state index contributed by atoms with van der Waals surface area (Å²) in [7, 11) is 0. The molecule has 0 spiro atoms. The van der Waals surface area contributed by atoms with Crippen molar-refractivity contribution in [1.29, 1.82) is 0 Å². The molecule has 1 radical (unpaired) electrons. The summed E-state index contributed by atoms with van der Waals surface area (Å²) in [6.07, 6.45) is 7.00. The normalized spacial score (nSPS) is 16.0. The Morgan fingerprint density at radius 2 is 1.17 bits per heavy atom. The third kappa shape index (κ3) is 3.46. The topological polar surface area (TPSA) is 0 Å². The Morgan fingerprint density at radius 3 is 1.17 bits per heavy atom. The van der Waals surface area contributed by atoms with Gasteiger partial charge in [-0.15, -0.1) is 0 Å². The van der Waals surface area contributed by atoms with E-state index in [1.165, 1.54) is 12.8 Å². The minimum Gasteiger partial charge on any atom is -0.386 e. The first-order valence-corrected chi connectivity index (χ1v) is 1.63. The van der Waals surface area contributed by atoms with Gasteiger partial charge in [0.25, 0.3) is 0 Å². The average Bonchev–Trinajstić information content (AvgIpc) is 0.722. The molecule has 1 saturated carbocycles. The summed E-state index contributed by atoms with van der Waals surface area (Å²) in [5.41, 5.74) is 0. The number of hydrogen-bond acceptors (Lipinski definition) is 0. The zero-order valence-electron chi connectivity index (χ0n) is 3.42. The molecule has 0 unspecified atom stereocenters. The molecule has 0 atom stereocenters. The van der Waals surface area contributed by atoms with Crippen molar-refractivity contribution in [2.45, 2.75) is 12.8 Å². The van der Waals surface area contributed by atoms with Crippen molar-refractivity contribution in [3.05, 3.63) is 12.8 Å². The van der Waals surface area contributed by atoms with Crippen molar-refractivity contribution in [3.63, 3.8) is 0 Å². The van der Waals surface area contributed by atoms with Gasteiger partial charge in [0.05, 0.1) is 0 Å². The van der Waals surface area contributed by atoms with Gasteiger partial charge in [-0.3, -0.25) is 0 Å². The zero-order valence-corrected chi connectivity index (χ0v) is 7.75. The van der Waals surface area contributed by atoms with Gasteiger partial charge in [-0.25, -0.2) is 0 Å². The van der Waals surface area contributed by atoms with Crippen LogP contribution in [0.25, 0.3) is 0 Å². The standard InChI is InChI=1S/C4H6.V.W/c1-2-4-3-1;;/h1,4H,2-3H2;;/q-2;;. The fraction of sp³-hybridized carbons (Fsp3) is 0.500. The van der Waals surface area contributed by atoms with Gasteiger partial charge in [-0.1, -0.05) is 0 Å². The first kappa shape index (κ1) is 10.3. The second-order valence-electron chi connectivity index (χ2n) is 1.05. The SMILES string of the molecule is [CH-]1C[CH-]C1.[V].[W]. The molecule has 35 valence electrons. The molecule has 6 heavy (non-hydrogen) atoms.